The first kappa shape index (κ1) is 22.7. The van der Waals surface area contributed by atoms with E-state index in [4.69, 9.17) is 4.74 Å². The van der Waals surface area contributed by atoms with E-state index in [2.05, 4.69) is 5.10 Å². The van der Waals surface area contributed by atoms with Gasteiger partial charge in [0, 0.05) is 5.39 Å². The Kier molecular flexibility index (Phi) is 6.13. The van der Waals surface area contributed by atoms with Crippen LogP contribution >= 0.6 is 0 Å². The number of hydrogen-bond acceptors (Lipinski definition) is 5. The van der Waals surface area contributed by atoms with E-state index in [1.165, 1.54) is 19.1 Å². The van der Waals surface area contributed by atoms with Crippen LogP contribution in [0.2, 0.25) is 0 Å². The van der Waals surface area contributed by atoms with Crippen LogP contribution in [0.15, 0.2) is 71.5 Å². The monoisotopic (exact) mass is 467 g/mol. The highest BCUT2D eigenvalue weighted by atomic mass is 19.2. The number of para-hydroxylation sites is 1. The number of ether oxygens (including phenoxy) is 1. The molecule has 1 atom stereocenters. The van der Waals surface area contributed by atoms with E-state index in [0.717, 1.165) is 10.7 Å². The van der Waals surface area contributed by atoms with Gasteiger partial charge in [-0.15, -0.1) is 0 Å². The number of aromatic nitrogens is 2. The molecule has 1 heterocycles. The van der Waals surface area contributed by atoms with Crippen LogP contribution in [0.1, 0.15) is 17.4 Å². The van der Waals surface area contributed by atoms with Crippen molar-refractivity contribution in [3.05, 3.63) is 100 Å². The summed E-state index contributed by atoms with van der Waals surface area (Å²) in [5, 5.41) is 6.61. The molecule has 172 valence electrons. The number of nitrogens with zero attached hydrogens (tertiary/aromatic N) is 2. The maximum Gasteiger partial charge on any atom is 0.360 e. The fourth-order valence-corrected chi connectivity index (χ4v) is 3.21. The van der Waals surface area contributed by atoms with E-state index in [-0.39, 0.29) is 16.5 Å². The lowest BCUT2D eigenvalue weighted by Crippen LogP contribution is -2.32. The van der Waals surface area contributed by atoms with Crippen LogP contribution in [0.3, 0.4) is 0 Å². The van der Waals surface area contributed by atoms with Crippen LogP contribution in [0.4, 0.5) is 18.9 Å². The third-order valence-corrected chi connectivity index (χ3v) is 4.95. The van der Waals surface area contributed by atoms with Crippen molar-refractivity contribution in [1.29, 1.82) is 0 Å². The minimum Gasteiger partial charge on any atom is -0.448 e. The van der Waals surface area contributed by atoms with Crippen LogP contribution in [0.25, 0.3) is 16.5 Å². The lowest BCUT2D eigenvalue weighted by atomic mass is 10.1. The number of rotatable bonds is 5. The van der Waals surface area contributed by atoms with Gasteiger partial charge in [-0.2, -0.15) is 9.78 Å². The number of benzene rings is 3. The number of carbonyl (C=O) groups excluding carboxylic acids is 2. The van der Waals surface area contributed by atoms with Crippen LogP contribution in [0.5, 0.6) is 0 Å². The first-order valence-electron chi connectivity index (χ1n) is 10.0. The zero-order valence-electron chi connectivity index (χ0n) is 17.6. The normalized spacial score (nSPS) is 11.8. The zero-order chi connectivity index (χ0) is 24.4. The van der Waals surface area contributed by atoms with E-state index in [9.17, 15) is 27.6 Å². The number of esters is 1. The Bertz CT molecular complexity index is 1470. The highest BCUT2D eigenvalue weighted by molar-refractivity contribution is 6.03. The fourth-order valence-electron chi connectivity index (χ4n) is 3.21. The van der Waals surface area contributed by atoms with E-state index in [0.29, 0.717) is 11.8 Å². The first-order valence-corrected chi connectivity index (χ1v) is 10.0. The highest BCUT2D eigenvalue weighted by Crippen LogP contribution is 2.21. The fraction of sp³-hybridized carbons (Fsp3) is 0.0833. The Morgan fingerprint density at radius 2 is 1.56 bits per heavy atom. The number of amides is 1. The predicted octanol–water partition coefficient (Wildman–Crippen LogP) is 3.99. The molecule has 0 aliphatic carbocycles. The lowest BCUT2D eigenvalue weighted by molar-refractivity contribution is -0.123. The van der Waals surface area contributed by atoms with Gasteiger partial charge in [0.25, 0.3) is 11.5 Å². The summed E-state index contributed by atoms with van der Waals surface area (Å²) >= 11 is 0. The van der Waals surface area contributed by atoms with Gasteiger partial charge in [0.15, 0.2) is 29.2 Å². The van der Waals surface area contributed by atoms with Crippen molar-refractivity contribution in [2.24, 2.45) is 0 Å². The van der Waals surface area contributed by atoms with Crippen molar-refractivity contribution in [2.45, 2.75) is 13.0 Å². The van der Waals surface area contributed by atoms with Gasteiger partial charge < -0.3 is 10.1 Å². The lowest BCUT2D eigenvalue weighted by Gasteiger charge is -2.15. The van der Waals surface area contributed by atoms with Gasteiger partial charge in [0.2, 0.25) is 0 Å². The van der Waals surface area contributed by atoms with E-state index < -0.39 is 46.7 Å². The molecule has 3 aromatic carbocycles. The Morgan fingerprint density at radius 3 is 2.26 bits per heavy atom. The van der Waals surface area contributed by atoms with Gasteiger partial charge in [0.05, 0.1) is 16.8 Å². The summed E-state index contributed by atoms with van der Waals surface area (Å²) in [7, 11) is 0. The third kappa shape index (κ3) is 4.25. The quantitative estimate of drug-likeness (QED) is 0.354. The molecule has 4 rings (SSSR count). The van der Waals surface area contributed by atoms with E-state index >= 15 is 0 Å². The van der Waals surface area contributed by atoms with E-state index in [1.54, 1.807) is 42.5 Å². The van der Waals surface area contributed by atoms with Crippen molar-refractivity contribution in [2.75, 3.05) is 5.32 Å². The van der Waals surface area contributed by atoms with Crippen LogP contribution < -0.4 is 10.9 Å². The maximum absolute atomic E-state index is 13.9. The molecule has 0 bridgehead atoms. The molecule has 1 amide bonds. The van der Waals surface area contributed by atoms with Crippen molar-refractivity contribution >= 4 is 28.3 Å². The molecule has 4 aromatic rings. The highest BCUT2D eigenvalue weighted by Gasteiger charge is 2.25. The number of anilines is 1. The summed E-state index contributed by atoms with van der Waals surface area (Å²) in [6.45, 7) is 1.21. The molecule has 10 heteroatoms. The summed E-state index contributed by atoms with van der Waals surface area (Å²) in [5.74, 6) is -6.76. The Labute approximate surface area is 190 Å². The number of hydrogen-bond donors (Lipinski definition) is 1. The van der Waals surface area contributed by atoms with Crippen LogP contribution in [-0.4, -0.2) is 27.8 Å². The summed E-state index contributed by atoms with van der Waals surface area (Å²) in [6.07, 6.45) is -1.46. The molecular weight excluding hydrogens is 451 g/mol. The van der Waals surface area contributed by atoms with Gasteiger partial charge in [0.1, 0.15) is 0 Å². The largest absolute Gasteiger partial charge is 0.448 e. The van der Waals surface area contributed by atoms with E-state index in [1.807, 2.05) is 5.32 Å². The summed E-state index contributed by atoms with van der Waals surface area (Å²) in [6, 6.07) is 16.2. The second kappa shape index (κ2) is 9.18. The number of carbonyl (C=O) groups is 2. The minimum absolute atomic E-state index is 0.203. The molecule has 0 saturated carbocycles. The van der Waals surface area contributed by atoms with Crippen LogP contribution in [0, 0.1) is 17.5 Å². The average Bonchev–Trinajstić information content (AvgIpc) is 2.85. The predicted molar refractivity (Wildman–Crippen MR) is 117 cm³/mol. The van der Waals surface area contributed by atoms with Crippen molar-refractivity contribution in [3.63, 3.8) is 0 Å². The molecule has 0 spiro atoms. The average molecular weight is 467 g/mol. The second-order valence-electron chi connectivity index (χ2n) is 7.21. The van der Waals surface area contributed by atoms with Crippen LogP contribution in [-0.2, 0) is 9.53 Å². The Hall–Kier alpha value is -4.47. The van der Waals surface area contributed by atoms with Gasteiger partial charge in [-0.25, -0.2) is 18.0 Å². The van der Waals surface area contributed by atoms with Crippen molar-refractivity contribution in [1.82, 2.24) is 9.78 Å². The van der Waals surface area contributed by atoms with Crippen molar-refractivity contribution < 1.29 is 27.5 Å². The molecule has 0 fully saturated rings. The molecule has 0 saturated heterocycles. The smallest absolute Gasteiger partial charge is 0.360 e. The standard InChI is InChI=1S/C24H16F3N3O4/c1-13(22(31)28-18-12-11-17(25)19(26)20(18)27)34-24(33)21-15-9-5-6-10-16(15)23(32)30(29-21)14-7-3-2-4-8-14/h2-13H,1H3,(H,28,31). The molecule has 34 heavy (non-hydrogen) atoms. The van der Waals surface area contributed by atoms with Gasteiger partial charge in [-0.3, -0.25) is 9.59 Å². The molecule has 0 aliphatic rings. The SMILES string of the molecule is CC(OC(=O)c1nn(-c2ccccc2)c(=O)c2ccccc12)C(=O)Nc1ccc(F)c(F)c1F. The summed E-state index contributed by atoms with van der Waals surface area (Å²) < 4.78 is 46.6. The van der Waals surface area contributed by atoms with Gasteiger partial charge >= 0.3 is 5.97 Å². The molecular formula is C24H16F3N3O4. The Balaban J connectivity index is 1.64. The molecule has 1 unspecified atom stereocenters. The number of fused-ring (bicyclic) bond motifs is 1. The van der Waals surface area contributed by atoms with Crippen molar-refractivity contribution in [3.8, 4) is 5.69 Å². The maximum atomic E-state index is 13.9. The van der Waals surface area contributed by atoms with Gasteiger partial charge in [-0.1, -0.05) is 36.4 Å². The minimum atomic E-state index is -1.75. The molecule has 1 N–H and O–H groups in total. The summed E-state index contributed by atoms with van der Waals surface area (Å²) in [4.78, 5) is 38.2. The Morgan fingerprint density at radius 1 is 0.912 bits per heavy atom. The summed E-state index contributed by atoms with van der Waals surface area (Å²) in [5.41, 5.74) is -0.893. The number of nitrogens with one attached hydrogen (secondary N) is 1. The number of halogens is 3. The first-order chi connectivity index (χ1) is 16.3. The van der Waals surface area contributed by atoms with Gasteiger partial charge in [-0.05, 0) is 37.3 Å². The zero-order valence-corrected chi connectivity index (χ0v) is 17.6. The molecule has 7 nitrogen and oxygen atoms in total. The third-order valence-electron chi connectivity index (χ3n) is 4.95. The topological polar surface area (TPSA) is 90.3 Å². The molecule has 1 aromatic heterocycles. The molecule has 0 radical (unpaired) electrons. The molecule has 0 aliphatic heterocycles. The second-order valence-corrected chi connectivity index (χ2v) is 7.21.